The smallest absolute Gasteiger partial charge is 0.245 e. The van der Waals surface area contributed by atoms with Gasteiger partial charge in [-0.3, -0.25) is 33.8 Å². The van der Waals surface area contributed by atoms with Crippen LogP contribution in [0.15, 0.2) is 35.3 Å². The molecule has 6 atom stereocenters. The van der Waals surface area contributed by atoms with Gasteiger partial charge in [-0.2, -0.15) is 0 Å². The highest BCUT2D eigenvalue weighted by atomic mass is 16.3. The third kappa shape index (κ3) is 12.0. The topological polar surface area (TPSA) is 290 Å². The third-order valence-electron chi connectivity index (χ3n) is 7.35. The summed E-state index contributed by atoms with van der Waals surface area (Å²) in [5, 5.41) is 19.8. The fourth-order valence-corrected chi connectivity index (χ4v) is 4.81. The average molecular weight is 647 g/mol. The van der Waals surface area contributed by atoms with Crippen molar-refractivity contribution in [2.45, 2.75) is 82.3 Å². The Morgan fingerprint density at radius 1 is 0.957 bits per heavy atom. The van der Waals surface area contributed by atoms with Crippen LogP contribution in [0, 0.1) is 0 Å². The van der Waals surface area contributed by atoms with E-state index < -0.39 is 78.3 Å². The molecule has 1 heterocycles. The summed E-state index contributed by atoms with van der Waals surface area (Å²) < 4.78 is 0. The Morgan fingerprint density at radius 3 is 2.22 bits per heavy atom. The summed E-state index contributed by atoms with van der Waals surface area (Å²) >= 11 is 0. The highest BCUT2D eigenvalue weighted by Crippen LogP contribution is 2.18. The van der Waals surface area contributed by atoms with Gasteiger partial charge < -0.3 is 54.2 Å². The van der Waals surface area contributed by atoms with E-state index in [1.165, 1.54) is 18.7 Å². The second-order valence-electron chi connectivity index (χ2n) is 11.1. The van der Waals surface area contributed by atoms with Crippen LogP contribution in [0.2, 0.25) is 0 Å². The zero-order chi connectivity index (χ0) is 34.4. The van der Waals surface area contributed by atoms with E-state index in [0.717, 1.165) is 0 Å². The van der Waals surface area contributed by atoms with Gasteiger partial charge in [-0.25, -0.2) is 0 Å². The number of carbonyl (C=O) groups excluding carboxylic acids is 6. The highest BCUT2D eigenvalue weighted by Gasteiger charge is 2.35. The van der Waals surface area contributed by atoms with Crippen LogP contribution in [0.25, 0.3) is 0 Å². The largest absolute Gasteiger partial charge is 0.391 e. The van der Waals surface area contributed by atoms with Gasteiger partial charge >= 0.3 is 0 Å². The quantitative estimate of drug-likeness (QED) is 0.0450. The van der Waals surface area contributed by atoms with Crippen LogP contribution in [0.4, 0.5) is 0 Å². The molecule has 1 aromatic carbocycles. The molecule has 1 aromatic rings. The normalized spacial score (nSPS) is 17.4. The van der Waals surface area contributed by atoms with Crippen LogP contribution in [0.3, 0.4) is 0 Å². The van der Waals surface area contributed by atoms with Crippen molar-refractivity contribution in [3.8, 4) is 0 Å². The van der Waals surface area contributed by atoms with E-state index in [4.69, 9.17) is 22.9 Å². The third-order valence-corrected chi connectivity index (χ3v) is 7.35. The van der Waals surface area contributed by atoms with E-state index in [-0.39, 0.29) is 31.8 Å². The van der Waals surface area contributed by atoms with E-state index in [1.807, 2.05) is 0 Å². The molecular weight excluding hydrogens is 600 g/mol. The van der Waals surface area contributed by atoms with Crippen molar-refractivity contribution in [1.29, 1.82) is 0 Å². The minimum atomic E-state index is -1.30. The monoisotopic (exact) mass is 646 g/mol. The lowest BCUT2D eigenvalue weighted by Gasteiger charge is -2.26. The van der Waals surface area contributed by atoms with Crippen molar-refractivity contribution in [2.24, 2.45) is 27.9 Å². The predicted octanol–water partition coefficient (Wildman–Crippen LogP) is -3.94. The summed E-state index contributed by atoms with van der Waals surface area (Å²) in [6.07, 6.45) is 0.252. The number of aliphatic hydroxyl groups is 1. The molecule has 1 aliphatic heterocycles. The fourth-order valence-electron chi connectivity index (χ4n) is 4.81. The molecule has 17 nitrogen and oxygen atoms in total. The Bertz CT molecular complexity index is 1260. The molecule has 0 saturated carbocycles. The zero-order valence-corrected chi connectivity index (χ0v) is 26.1. The van der Waals surface area contributed by atoms with Gasteiger partial charge in [0.05, 0.1) is 12.6 Å². The number of nitrogens with two attached hydrogens (primary N) is 4. The van der Waals surface area contributed by atoms with Crippen molar-refractivity contribution in [1.82, 2.24) is 26.2 Å². The SMILES string of the molecule is CC(NC(=O)CNC(=O)C(CCCN=C(N)N)NC(=O)C(Cc1ccccc1)NC(=O)C(N)C(C)O)C(=O)N1CCCC1C(N)=O. The molecule has 13 N–H and O–H groups in total. The van der Waals surface area contributed by atoms with Crippen molar-refractivity contribution < 1.29 is 33.9 Å². The summed E-state index contributed by atoms with van der Waals surface area (Å²) in [5.41, 5.74) is 22.6. The predicted molar refractivity (Wildman–Crippen MR) is 168 cm³/mol. The van der Waals surface area contributed by atoms with Gasteiger partial charge in [-0.05, 0) is 45.1 Å². The molecule has 17 heteroatoms. The molecule has 2 rings (SSSR count). The molecule has 0 aromatic heterocycles. The first-order valence-corrected chi connectivity index (χ1v) is 15.0. The Hall–Kier alpha value is -4.77. The Morgan fingerprint density at radius 2 is 1.61 bits per heavy atom. The number of rotatable bonds is 17. The first kappa shape index (κ1) is 37.4. The molecule has 0 radical (unpaired) electrons. The number of likely N-dealkylation sites (tertiary alicyclic amines) is 1. The average Bonchev–Trinajstić information content (AvgIpc) is 3.51. The lowest BCUT2D eigenvalue weighted by Crippen LogP contribution is -2.58. The molecule has 0 bridgehead atoms. The number of nitrogens with zero attached hydrogens (tertiary/aromatic N) is 2. The molecule has 1 saturated heterocycles. The number of nitrogens with one attached hydrogen (secondary N) is 4. The molecule has 6 unspecified atom stereocenters. The van der Waals surface area contributed by atoms with E-state index >= 15 is 0 Å². The minimum absolute atomic E-state index is 0.0508. The molecule has 0 aliphatic carbocycles. The van der Waals surface area contributed by atoms with Gasteiger partial charge in [0.2, 0.25) is 35.4 Å². The van der Waals surface area contributed by atoms with Crippen LogP contribution in [-0.2, 0) is 35.2 Å². The number of guanidine groups is 1. The lowest BCUT2D eigenvalue weighted by atomic mass is 10.0. The van der Waals surface area contributed by atoms with Gasteiger partial charge in [0, 0.05) is 19.5 Å². The summed E-state index contributed by atoms with van der Waals surface area (Å²) in [6.45, 7) is 2.75. The Labute approximate surface area is 267 Å². The molecule has 46 heavy (non-hydrogen) atoms. The lowest BCUT2D eigenvalue weighted by molar-refractivity contribution is -0.140. The molecular formula is C29H46N10O7. The number of amides is 6. The van der Waals surface area contributed by atoms with Gasteiger partial charge in [0.25, 0.3) is 0 Å². The fraction of sp³-hybridized carbons (Fsp3) is 0.552. The van der Waals surface area contributed by atoms with E-state index in [1.54, 1.807) is 30.3 Å². The summed E-state index contributed by atoms with van der Waals surface area (Å²) in [7, 11) is 0. The van der Waals surface area contributed by atoms with Crippen LogP contribution in [0.5, 0.6) is 0 Å². The number of aliphatic hydroxyl groups excluding tert-OH is 1. The van der Waals surface area contributed by atoms with Gasteiger partial charge in [-0.1, -0.05) is 30.3 Å². The molecule has 1 fully saturated rings. The van der Waals surface area contributed by atoms with Crippen molar-refractivity contribution in [2.75, 3.05) is 19.6 Å². The van der Waals surface area contributed by atoms with Crippen molar-refractivity contribution >= 4 is 41.4 Å². The Kier molecular flexibility index (Phi) is 14.9. The van der Waals surface area contributed by atoms with E-state index in [9.17, 15) is 33.9 Å². The van der Waals surface area contributed by atoms with Gasteiger partial charge in [0.1, 0.15) is 30.2 Å². The van der Waals surface area contributed by atoms with Crippen LogP contribution in [-0.4, -0.2) is 107 Å². The number of aliphatic imine (C=N–C) groups is 1. The van der Waals surface area contributed by atoms with Crippen molar-refractivity contribution in [3.05, 3.63) is 35.9 Å². The number of hydrogen-bond acceptors (Lipinski definition) is 9. The standard InChI is InChI=1S/C29H46N10O7/c1-16(28(46)39-13-7-11-21(39)24(31)42)36-22(41)15-35-25(43)19(10-6-12-34-29(32)33)37-26(44)20(14-18-8-4-3-5-9-18)38-27(45)23(30)17(2)40/h3-5,8-9,16-17,19-21,23,40H,6-7,10-15,30H2,1-2H3,(H2,31,42)(H,35,43)(H,36,41)(H,37,44)(H,38,45)(H4,32,33,34). The van der Waals surface area contributed by atoms with E-state index in [0.29, 0.717) is 24.9 Å². The maximum Gasteiger partial charge on any atom is 0.245 e. The molecule has 0 spiro atoms. The zero-order valence-electron chi connectivity index (χ0n) is 26.1. The van der Waals surface area contributed by atoms with Crippen LogP contribution in [0.1, 0.15) is 45.1 Å². The molecule has 6 amide bonds. The number of benzene rings is 1. The summed E-state index contributed by atoms with van der Waals surface area (Å²) in [5.74, 6) is -4.14. The second kappa shape index (κ2) is 18.3. The molecule has 1 aliphatic rings. The van der Waals surface area contributed by atoms with Crippen LogP contribution >= 0.6 is 0 Å². The number of carbonyl (C=O) groups is 6. The van der Waals surface area contributed by atoms with Crippen molar-refractivity contribution in [3.63, 3.8) is 0 Å². The van der Waals surface area contributed by atoms with E-state index in [2.05, 4.69) is 26.3 Å². The first-order valence-electron chi connectivity index (χ1n) is 15.0. The number of hydrogen-bond donors (Lipinski definition) is 9. The molecule has 254 valence electrons. The van der Waals surface area contributed by atoms with Gasteiger partial charge in [0.15, 0.2) is 5.96 Å². The summed E-state index contributed by atoms with van der Waals surface area (Å²) in [4.78, 5) is 81.6. The maximum atomic E-state index is 13.5. The van der Waals surface area contributed by atoms with Gasteiger partial charge in [-0.15, -0.1) is 0 Å². The Balaban J connectivity index is 2.11. The van der Waals surface area contributed by atoms with Crippen LogP contribution < -0.4 is 44.2 Å². The number of primary amides is 1. The highest BCUT2D eigenvalue weighted by molar-refractivity contribution is 5.95. The maximum absolute atomic E-state index is 13.5. The minimum Gasteiger partial charge on any atom is -0.391 e. The second-order valence-corrected chi connectivity index (χ2v) is 11.1. The first-order chi connectivity index (χ1) is 21.7. The summed E-state index contributed by atoms with van der Waals surface area (Å²) in [6, 6.07) is 3.43.